The molecule has 0 saturated carbocycles. The molecule has 7 atom stereocenters. The summed E-state index contributed by atoms with van der Waals surface area (Å²) >= 11 is 0. The fourth-order valence-corrected chi connectivity index (χ4v) is 8.30. The van der Waals surface area contributed by atoms with Gasteiger partial charge in [-0.15, -0.1) is 0 Å². The quantitative estimate of drug-likeness (QED) is 0.0261. The molecule has 1 aliphatic rings. The van der Waals surface area contributed by atoms with Crippen LogP contribution in [0.25, 0.3) is 0 Å². The van der Waals surface area contributed by atoms with E-state index in [-0.39, 0.29) is 12.5 Å². The fourth-order valence-electron chi connectivity index (χ4n) is 8.30. The Morgan fingerprint density at radius 3 is 1.33 bits per heavy atom. The van der Waals surface area contributed by atoms with Crippen LogP contribution < -0.4 is 5.32 Å². The van der Waals surface area contributed by atoms with E-state index >= 15 is 0 Å². The highest BCUT2D eigenvalue weighted by Crippen LogP contribution is 2.23. The van der Waals surface area contributed by atoms with Crippen LogP contribution in [0.2, 0.25) is 0 Å². The van der Waals surface area contributed by atoms with E-state index < -0.39 is 49.5 Å². The number of aliphatic hydroxyl groups excluding tert-OH is 5. The smallest absolute Gasteiger partial charge is 0.220 e. The Morgan fingerprint density at radius 2 is 0.891 bits per heavy atom. The number of aliphatic hydroxyl groups is 5. The molecule has 9 nitrogen and oxygen atoms in total. The number of amides is 1. The van der Waals surface area contributed by atoms with E-state index in [4.69, 9.17) is 9.47 Å². The van der Waals surface area contributed by atoms with Gasteiger partial charge in [-0.1, -0.05) is 210 Å². The Bertz CT molecular complexity index is 1140. The summed E-state index contributed by atoms with van der Waals surface area (Å²) in [6, 6.07) is -0.832. The van der Waals surface area contributed by atoms with Crippen molar-refractivity contribution in [3.63, 3.8) is 0 Å². The first kappa shape index (κ1) is 60.2. The maximum absolute atomic E-state index is 13.0. The predicted molar refractivity (Wildman–Crippen MR) is 267 cm³/mol. The van der Waals surface area contributed by atoms with Crippen LogP contribution in [-0.4, -0.2) is 87.5 Å². The van der Waals surface area contributed by atoms with Crippen molar-refractivity contribution in [2.75, 3.05) is 13.2 Å². The zero-order valence-corrected chi connectivity index (χ0v) is 41.3. The molecule has 0 bridgehead atoms. The first-order valence-corrected chi connectivity index (χ1v) is 26.9. The summed E-state index contributed by atoms with van der Waals surface area (Å²) in [6.45, 7) is 3.74. The van der Waals surface area contributed by atoms with E-state index in [9.17, 15) is 30.3 Å². The fraction of sp³-hybridized carbons (Fsp3) is 0.836. The predicted octanol–water partition coefficient (Wildman–Crippen LogP) is 12.6. The van der Waals surface area contributed by atoms with Crippen LogP contribution in [0, 0.1) is 0 Å². The second-order valence-electron chi connectivity index (χ2n) is 18.6. The van der Waals surface area contributed by atoms with Gasteiger partial charge in [0, 0.05) is 6.42 Å². The van der Waals surface area contributed by atoms with Gasteiger partial charge in [-0.3, -0.25) is 4.79 Å². The van der Waals surface area contributed by atoms with Crippen molar-refractivity contribution >= 4 is 5.91 Å². The number of ether oxygens (including phenoxy) is 2. The first-order valence-electron chi connectivity index (χ1n) is 26.9. The van der Waals surface area contributed by atoms with Gasteiger partial charge in [0.05, 0.1) is 25.4 Å². The normalized spacial score (nSPS) is 20.4. The second-order valence-corrected chi connectivity index (χ2v) is 18.6. The summed E-state index contributed by atoms with van der Waals surface area (Å²) in [5.74, 6) is -0.201. The summed E-state index contributed by atoms with van der Waals surface area (Å²) in [7, 11) is 0. The zero-order valence-electron chi connectivity index (χ0n) is 41.3. The molecule has 1 saturated heterocycles. The van der Waals surface area contributed by atoms with Crippen molar-refractivity contribution < 1.29 is 39.8 Å². The van der Waals surface area contributed by atoms with E-state index in [0.717, 1.165) is 64.2 Å². The van der Waals surface area contributed by atoms with Crippen LogP contribution in [0.3, 0.4) is 0 Å². The van der Waals surface area contributed by atoms with Gasteiger partial charge in [0.15, 0.2) is 6.29 Å². The van der Waals surface area contributed by atoms with Gasteiger partial charge < -0.3 is 40.3 Å². The van der Waals surface area contributed by atoms with Gasteiger partial charge in [-0.05, 0) is 70.6 Å². The number of rotatable bonds is 45. The largest absolute Gasteiger partial charge is 0.394 e. The monoisotopic (exact) mass is 904 g/mol. The molecule has 1 heterocycles. The van der Waals surface area contributed by atoms with Gasteiger partial charge in [0.25, 0.3) is 0 Å². The molecule has 0 aliphatic carbocycles. The van der Waals surface area contributed by atoms with Crippen LogP contribution in [0.4, 0.5) is 0 Å². The maximum atomic E-state index is 13.0. The molecule has 1 rings (SSSR count). The number of hydrogen-bond acceptors (Lipinski definition) is 8. The van der Waals surface area contributed by atoms with Crippen molar-refractivity contribution in [3.8, 4) is 0 Å². The lowest BCUT2D eigenvalue weighted by Gasteiger charge is -2.40. The number of carbonyl (C=O) groups excluding carboxylic acids is 1. The molecule has 9 heteroatoms. The molecule has 0 aromatic heterocycles. The highest BCUT2D eigenvalue weighted by Gasteiger charge is 2.44. The van der Waals surface area contributed by atoms with Crippen LogP contribution in [-0.2, 0) is 14.3 Å². The summed E-state index contributed by atoms with van der Waals surface area (Å²) in [6.07, 6.45) is 51.8. The second kappa shape index (κ2) is 45.0. The SMILES string of the molecule is CCCCCC/C=C\CCCCCCCC(=O)NC(COC1OC(CO)C(O)C(O)C1O)C(O)/C=C/CC/C=C/CC/C=C/CCCCCCCCCCCCCCCCCCCC. The third-order valence-electron chi connectivity index (χ3n) is 12.6. The maximum Gasteiger partial charge on any atom is 0.220 e. The molecular formula is C55H101NO8. The molecule has 0 radical (unpaired) electrons. The van der Waals surface area contributed by atoms with Crippen molar-refractivity contribution in [2.24, 2.45) is 0 Å². The summed E-state index contributed by atoms with van der Waals surface area (Å²) in [4.78, 5) is 13.0. The van der Waals surface area contributed by atoms with Gasteiger partial charge in [-0.2, -0.15) is 0 Å². The van der Waals surface area contributed by atoms with E-state index in [1.807, 2.05) is 6.08 Å². The summed E-state index contributed by atoms with van der Waals surface area (Å²) in [5, 5.41) is 54.3. The van der Waals surface area contributed by atoms with E-state index in [2.05, 4.69) is 55.6 Å². The lowest BCUT2D eigenvalue weighted by atomic mass is 9.99. The van der Waals surface area contributed by atoms with Crippen LogP contribution >= 0.6 is 0 Å². The third kappa shape index (κ3) is 34.5. The van der Waals surface area contributed by atoms with E-state index in [1.54, 1.807) is 6.08 Å². The van der Waals surface area contributed by atoms with E-state index in [1.165, 1.54) is 154 Å². The highest BCUT2D eigenvalue weighted by molar-refractivity contribution is 5.76. The molecule has 1 aliphatic heterocycles. The van der Waals surface area contributed by atoms with Crippen molar-refractivity contribution in [1.29, 1.82) is 0 Å². The van der Waals surface area contributed by atoms with Crippen molar-refractivity contribution in [2.45, 2.75) is 281 Å². The average molecular weight is 904 g/mol. The van der Waals surface area contributed by atoms with Gasteiger partial charge in [0.2, 0.25) is 5.91 Å². The number of carbonyl (C=O) groups is 1. The standard InChI is InChI=1S/C55H101NO8/c1-3-5-7-9-11-13-15-17-18-19-20-21-22-23-24-25-26-27-28-29-30-31-33-34-36-38-40-42-44-49(58)48(47-63-55-54(62)53(61)52(60)50(46-57)64-55)56-51(59)45-43-41-39-37-35-32-16-14-12-10-8-6-4-2/h14,16,29-30,34,36,42,44,48-50,52-55,57-58,60-62H,3-13,15,17-28,31-33,35,37-41,43,45-47H2,1-2H3,(H,56,59)/b16-14-,30-29+,36-34+,44-42+. The van der Waals surface area contributed by atoms with Crippen molar-refractivity contribution in [3.05, 3.63) is 48.6 Å². The molecule has 0 aromatic rings. The van der Waals surface area contributed by atoms with Gasteiger partial charge in [0.1, 0.15) is 24.4 Å². The molecule has 374 valence electrons. The molecule has 1 amide bonds. The molecule has 0 aromatic carbocycles. The Kier molecular flexibility index (Phi) is 42.3. The minimum Gasteiger partial charge on any atom is -0.394 e. The first-order chi connectivity index (χ1) is 31.3. The van der Waals surface area contributed by atoms with Crippen LogP contribution in [0.5, 0.6) is 0 Å². The van der Waals surface area contributed by atoms with E-state index in [0.29, 0.717) is 6.42 Å². The minimum atomic E-state index is -1.58. The number of unbranched alkanes of at least 4 members (excludes halogenated alkanes) is 29. The lowest BCUT2D eigenvalue weighted by molar-refractivity contribution is -0.302. The number of allylic oxidation sites excluding steroid dienone is 7. The van der Waals surface area contributed by atoms with Crippen LogP contribution in [0.1, 0.15) is 239 Å². The van der Waals surface area contributed by atoms with Crippen molar-refractivity contribution in [1.82, 2.24) is 5.32 Å². The average Bonchev–Trinajstić information content (AvgIpc) is 3.29. The zero-order chi connectivity index (χ0) is 46.6. The Labute approximate surface area is 393 Å². The van der Waals surface area contributed by atoms with Gasteiger partial charge >= 0.3 is 0 Å². The van der Waals surface area contributed by atoms with Gasteiger partial charge in [-0.25, -0.2) is 0 Å². The molecule has 64 heavy (non-hydrogen) atoms. The third-order valence-corrected chi connectivity index (χ3v) is 12.6. The molecule has 0 spiro atoms. The topological polar surface area (TPSA) is 149 Å². The Hall–Kier alpha value is -1.85. The Morgan fingerprint density at radius 1 is 0.516 bits per heavy atom. The molecule has 1 fully saturated rings. The Balaban J connectivity index is 2.26. The number of nitrogens with one attached hydrogen (secondary N) is 1. The summed E-state index contributed by atoms with van der Waals surface area (Å²) < 4.78 is 11.2. The highest BCUT2D eigenvalue weighted by atomic mass is 16.7. The molecule has 6 N–H and O–H groups in total. The minimum absolute atomic E-state index is 0.201. The van der Waals surface area contributed by atoms with Crippen LogP contribution in [0.15, 0.2) is 48.6 Å². The number of hydrogen-bond donors (Lipinski definition) is 6. The summed E-state index contributed by atoms with van der Waals surface area (Å²) in [5.41, 5.74) is 0. The molecule has 7 unspecified atom stereocenters. The lowest BCUT2D eigenvalue weighted by Crippen LogP contribution is -2.60. The molecular weight excluding hydrogens is 803 g/mol.